The van der Waals surface area contributed by atoms with Crippen LogP contribution in [-0.4, -0.2) is 6.36 Å². The van der Waals surface area contributed by atoms with Gasteiger partial charge in [-0.3, -0.25) is 0 Å². The van der Waals surface area contributed by atoms with Crippen molar-refractivity contribution >= 4 is 11.6 Å². The minimum Gasteiger partial charge on any atom is -0.405 e. The van der Waals surface area contributed by atoms with Gasteiger partial charge in [-0.2, -0.15) is 0 Å². The SMILES string of the molecule is FC(F)(F)Oc1ccccc1C1=c2c(ccc3c2=CCc2ccccc2-3)C(Cc2ccccc2)CC1. The zero-order chi connectivity index (χ0) is 24.7. The van der Waals surface area contributed by atoms with Crippen molar-refractivity contribution in [2.75, 3.05) is 0 Å². The van der Waals surface area contributed by atoms with E-state index in [1.54, 1.807) is 18.2 Å². The Morgan fingerprint density at radius 1 is 0.750 bits per heavy atom. The minimum atomic E-state index is -4.74. The molecule has 180 valence electrons. The maximum atomic E-state index is 13.3. The summed E-state index contributed by atoms with van der Waals surface area (Å²) in [7, 11) is 0. The summed E-state index contributed by atoms with van der Waals surface area (Å²) in [6, 6.07) is 29.7. The second-order valence-corrected chi connectivity index (χ2v) is 9.50. The van der Waals surface area contributed by atoms with Gasteiger partial charge in [0.2, 0.25) is 0 Å². The lowest BCUT2D eigenvalue weighted by molar-refractivity contribution is -0.274. The molecule has 2 aliphatic carbocycles. The van der Waals surface area contributed by atoms with Gasteiger partial charge in [0.05, 0.1) is 0 Å². The molecule has 0 amide bonds. The molecule has 2 aliphatic rings. The second-order valence-electron chi connectivity index (χ2n) is 9.50. The average Bonchev–Trinajstić information content (AvgIpc) is 2.88. The highest BCUT2D eigenvalue weighted by molar-refractivity contribution is 5.78. The molecule has 0 bridgehead atoms. The van der Waals surface area contributed by atoms with Gasteiger partial charge >= 0.3 is 6.36 Å². The molecule has 1 nitrogen and oxygen atoms in total. The van der Waals surface area contributed by atoms with Gasteiger partial charge < -0.3 is 4.74 Å². The highest BCUT2D eigenvalue weighted by Gasteiger charge is 2.33. The fourth-order valence-corrected chi connectivity index (χ4v) is 5.84. The van der Waals surface area contributed by atoms with E-state index in [-0.39, 0.29) is 11.7 Å². The number of rotatable bonds is 4. The Hall–Kier alpha value is -3.79. The van der Waals surface area contributed by atoms with Crippen LogP contribution in [0.3, 0.4) is 0 Å². The second kappa shape index (κ2) is 9.02. The van der Waals surface area contributed by atoms with E-state index in [0.29, 0.717) is 12.0 Å². The van der Waals surface area contributed by atoms with Crippen LogP contribution < -0.4 is 15.2 Å². The Labute approximate surface area is 208 Å². The van der Waals surface area contributed by atoms with Crippen LogP contribution >= 0.6 is 0 Å². The number of hydrogen-bond donors (Lipinski definition) is 0. The number of alkyl halides is 3. The molecular weight excluding hydrogens is 457 g/mol. The average molecular weight is 483 g/mol. The first kappa shape index (κ1) is 22.7. The molecule has 0 saturated heterocycles. The molecule has 4 aromatic carbocycles. The van der Waals surface area contributed by atoms with E-state index in [1.165, 1.54) is 28.3 Å². The van der Waals surface area contributed by atoms with E-state index in [4.69, 9.17) is 0 Å². The van der Waals surface area contributed by atoms with Crippen molar-refractivity contribution in [3.05, 3.63) is 124 Å². The van der Waals surface area contributed by atoms with E-state index in [2.05, 4.69) is 59.3 Å². The molecule has 36 heavy (non-hydrogen) atoms. The first-order valence-electron chi connectivity index (χ1n) is 12.3. The lowest BCUT2D eigenvalue weighted by atomic mass is 9.76. The van der Waals surface area contributed by atoms with Gasteiger partial charge in [0.15, 0.2) is 0 Å². The van der Waals surface area contributed by atoms with Crippen molar-refractivity contribution in [1.82, 2.24) is 0 Å². The lowest BCUT2D eigenvalue weighted by Crippen LogP contribution is -2.38. The molecule has 0 saturated carbocycles. The molecule has 0 heterocycles. The smallest absolute Gasteiger partial charge is 0.405 e. The van der Waals surface area contributed by atoms with Crippen molar-refractivity contribution in [2.24, 2.45) is 0 Å². The molecule has 1 atom stereocenters. The van der Waals surface area contributed by atoms with Crippen LogP contribution in [0.2, 0.25) is 0 Å². The van der Waals surface area contributed by atoms with Crippen LogP contribution in [-0.2, 0) is 12.8 Å². The number of fused-ring (bicyclic) bond motifs is 5. The van der Waals surface area contributed by atoms with Gasteiger partial charge in [0.1, 0.15) is 5.75 Å². The minimum absolute atomic E-state index is 0.138. The Morgan fingerprint density at radius 2 is 1.47 bits per heavy atom. The van der Waals surface area contributed by atoms with Gasteiger partial charge in [-0.25, -0.2) is 0 Å². The fraction of sp³-hybridized carbons (Fsp3) is 0.188. The van der Waals surface area contributed by atoms with Crippen molar-refractivity contribution in [3.8, 4) is 16.9 Å². The van der Waals surface area contributed by atoms with Gasteiger partial charge in [0.25, 0.3) is 0 Å². The maximum Gasteiger partial charge on any atom is 0.573 e. The van der Waals surface area contributed by atoms with E-state index >= 15 is 0 Å². The summed E-state index contributed by atoms with van der Waals surface area (Å²) in [5.41, 5.74) is 7.53. The topological polar surface area (TPSA) is 9.23 Å². The Bertz CT molecular complexity index is 1550. The third-order valence-electron chi connectivity index (χ3n) is 7.36. The Kier molecular flexibility index (Phi) is 5.67. The normalized spacial score (nSPS) is 16.4. The van der Waals surface area contributed by atoms with Crippen LogP contribution in [0.4, 0.5) is 13.2 Å². The third kappa shape index (κ3) is 4.21. The highest BCUT2D eigenvalue weighted by atomic mass is 19.4. The summed E-state index contributed by atoms with van der Waals surface area (Å²) in [6.07, 6.45) is 0.760. The predicted molar refractivity (Wildman–Crippen MR) is 137 cm³/mol. The summed E-state index contributed by atoms with van der Waals surface area (Å²) in [6.45, 7) is 0. The number of ether oxygens (including phenoxy) is 1. The molecule has 4 aromatic rings. The van der Waals surface area contributed by atoms with E-state index in [1.807, 2.05) is 18.2 Å². The maximum absolute atomic E-state index is 13.3. The summed E-state index contributed by atoms with van der Waals surface area (Å²) in [5, 5.41) is 2.20. The highest BCUT2D eigenvalue weighted by Crippen LogP contribution is 2.37. The van der Waals surface area contributed by atoms with Crippen molar-refractivity contribution in [3.63, 3.8) is 0 Å². The first-order valence-corrected chi connectivity index (χ1v) is 12.3. The van der Waals surface area contributed by atoms with Crippen LogP contribution in [0.25, 0.3) is 22.8 Å². The molecule has 0 fully saturated rings. The Balaban J connectivity index is 1.61. The molecule has 6 rings (SSSR count). The number of halogens is 3. The van der Waals surface area contributed by atoms with Crippen LogP contribution in [0.1, 0.15) is 41.0 Å². The molecule has 0 N–H and O–H groups in total. The first-order chi connectivity index (χ1) is 17.5. The molecule has 0 aliphatic heterocycles. The molecule has 0 aromatic heterocycles. The van der Waals surface area contributed by atoms with Crippen LogP contribution in [0, 0.1) is 0 Å². The molecular formula is C32H25F3O. The molecule has 4 heteroatoms. The molecule has 0 spiro atoms. The van der Waals surface area contributed by atoms with Crippen LogP contribution in [0.15, 0.2) is 91.0 Å². The van der Waals surface area contributed by atoms with Crippen molar-refractivity contribution in [2.45, 2.75) is 38.0 Å². The van der Waals surface area contributed by atoms with Crippen LogP contribution in [0.5, 0.6) is 5.75 Å². The standard InChI is InChI=1S/C32H25F3O/c33-32(34,35)36-30-13-7-6-12-27(30)29-17-15-23(20-21-8-2-1-3-9-21)25-18-19-26-24-11-5-4-10-22(24)14-16-28(26)31(25)29/h1-13,16,18-19,23H,14-15,17,20H2. The summed E-state index contributed by atoms with van der Waals surface area (Å²) in [4.78, 5) is 0. The summed E-state index contributed by atoms with van der Waals surface area (Å²) in [5.74, 6) is 0.152. The van der Waals surface area contributed by atoms with E-state index in [0.717, 1.165) is 40.8 Å². The lowest BCUT2D eigenvalue weighted by Gasteiger charge is -2.28. The predicted octanol–water partition coefficient (Wildman–Crippen LogP) is 6.91. The van der Waals surface area contributed by atoms with E-state index < -0.39 is 6.36 Å². The number of para-hydroxylation sites is 1. The van der Waals surface area contributed by atoms with Gasteiger partial charge in [0, 0.05) is 5.56 Å². The third-order valence-corrected chi connectivity index (χ3v) is 7.36. The summed E-state index contributed by atoms with van der Waals surface area (Å²) < 4.78 is 44.4. The van der Waals surface area contributed by atoms with Gasteiger partial charge in [-0.1, -0.05) is 91.0 Å². The zero-order valence-electron chi connectivity index (χ0n) is 19.7. The van der Waals surface area contributed by atoms with Crippen molar-refractivity contribution in [1.29, 1.82) is 0 Å². The number of benzene rings is 4. The quantitative estimate of drug-likeness (QED) is 0.307. The van der Waals surface area contributed by atoms with Crippen molar-refractivity contribution < 1.29 is 17.9 Å². The molecule has 0 radical (unpaired) electrons. The number of hydrogen-bond acceptors (Lipinski definition) is 1. The Morgan fingerprint density at radius 3 is 2.28 bits per heavy atom. The van der Waals surface area contributed by atoms with E-state index in [9.17, 15) is 13.2 Å². The largest absolute Gasteiger partial charge is 0.573 e. The monoisotopic (exact) mass is 482 g/mol. The zero-order valence-corrected chi connectivity index (χ0v) is 19.7. The molecule has 1 unspecified atom stereocenters. The summed E-state index contributed by atoms with van der Waals surface area (Å²) >= 11 is 0. The fourth-order valence-electron chi connectivity index (χ4n) is 5.84. The van der Waals surface area contributed by atoms with Gasteiger partial charge in [-0.15, -0.1) is 13.2 Å². The van der Waals surface area contributed by atoms with Gasteiger partial charge in [-0.05, 0) is 81.5 Å².